The molecule has 106 valence electrons. The summed E-state index contributed by atoms with van der Waals surface area (Å²) < 4.78 is 43.0. The number of aromatic nitrogens is 1. The van der Waals surface area contributed by atoms with Gasteiger partial charge >= 0.3 is 6.18 Å². The molecule has 0 aliphatic heterocycles. The zero-order valence-electron chi connectivity index (χ0n) is 9.51. The molecular weight excluding hydrogens is 337 g/mol. The zero-order chi connectivity index (χ0) is 14.9. The lowest BCUT2D eigenvalue weighted by Gasteiger charge is -2.12. The first-order valence-electron chi connectivity index (χ1n) is 5.13. The largest absolute Gasteiger partial charge is 0.437 e. The van der Waals surface area contributed by atoms with E-state index >= 15 is 0 Å². The van der Waals surface area contributed by atoms with Crippen molar-refractivity contribution in [3.05, 3.63) is 51.1 Å². The van der Waals surface area contributed by atoms with E-state index in [9.17, 15) is 13.2 Å². The van der Waals surface area contributed by atoms with E-state index in [1.54, 1.807) is 12.1 Å². The first-order chi connectivity index (χ1) is 9.29. The van der Waals surface area contributed by atoms with Gasteiger partial charge in [-0.05, 0) is 24.3 Å². The summed E-state index contributed by atoms with van der Waals surface area (Å²) in [5.41, 5.74) is -1.12. The molecule has 0 aliphatic rings. The van der Waals surface area contributed by atoms with Crippen LogP contribution in [0.4, 0.5) is 13.2 Å². The van der Waals surface area contributed by atoms with Gasteiger partial charge in [-0.3, -0.25) is 0 Å². The third-order valence-corrected chi connectivity index (χ3v) is 3.35. The van der Waals surface area contributed by atoms with E-state index in [4.69, 9.17) is 39.5 Å². The van der Waals surface area contributed by atoms with E-state index in [1.807, 2.05) is 0 Å². The van der Waals surface area contributed by atoms with Crippen LogP contribution in [0, 0.1) is 0 Å². The summed E-state index contributed by atoms with van der Waals surface area (Å²) in [5, 5.41) is -0.573. The number of halogens is 6. The van der Waals surface area contributed by atoms with Gasteiger partial charge < -0.3 is 4.74 Å². The smallest absolute Gasteiger partial charge is 0.419 e. The SMILES string of the molecule is FC(F)(F)c1cnc(Oc2ccc(Cl)cc2)c(Cl)c1Cl. The van der Waals surface area contributed by atoms with Gasteiger partial charge in [-0.15, -0.1) is 0 Å². The van der Waals surface area contributed by atoms with Gasteiger partial charge in [-0.1, -0.05) is 34.8 Å². The number of alkyl halides is 3. The fourth-order valence-corrected chi connectivity index (χ4v) is 1.88. The molecule has 0 fully saturated rings. The Morgan fingerprint density at radius 1 is 0.950 bits per heavy atom. The number of nitrogens with zero attached hydrogens (tertiary/aromatic N) is 1. The lowest BCUT2D eigenvalue weighted by atomic mass is 10.3. The molecule has 2 nitrogen and oxygen atoms in total. The van der Waals surface area contributed by atoms with Crippen molar-refractivity contribution in [1.82, 2.24) is 4.98 Å². The topological polar surface area (TPSA) is 22.1 Å². The lowest BCUT2D eigenvalue weighted by Crippen LogP contribution is -2.07. The zero-order valence-corrected chi connectivity index (χ0v) is 11.8. The first kappa shape index (κ1) is 15.2. The monoisotopic (exact) mass is 341 g/mol. The van der Waals surface area contributed by atoms with E-state index in [2.05, 4.69) is 4.98 Å². The Balaban J connectivity index is 2.35. The molecule has 2 rings (SSSR count). The molecule has 0 saturated heterocycles. The molecule has 0 unspecified atom stereocenters. The fourth-order valence-electron chi connectivity index (χ4n) is 1.33. The van der Waals surface area contributed by atoms with Gasteiger partial charge in [-0.25, -0.2) is 4.98 Å². The molecule has 0 spiro atoms. The van der Waals surface area contributed by atoms with Crippen LogP contribution in [0.1, 0.15) is 5.56 Å². The number of rotatable bonds is 2. The summed E-state index contributed by atoms with van der Waals surface area (Å²) in [6.45, 7) is 0. The quantitative estimate of drug-likeness (QED) is 0.682. The Morgan fingerprint density at radius 2 is 1.55 bits per heavy atom. The molecule has 0 atom stereocenters. The summed E-state index contributed by atoms with van der Waals surface area (Å²) >= 11 is 17.0. The summed E-state index contributed by atoms with van der Waals surface area (Å²) in [7, 11) is 0. The second-order valence-electron chi connectivity index (χ2n) is 3.66. The van der Waals surface area contributed by atoms with Crippen molar-refractivity contribution >= 4 is 34.8 Å². The summed E-state index contributed by atoms with van der Waals surface area (Å²) in [6.07, 6.45) is -4.06. The van der Waals surface area contributed by atoms with E-state index in [0.717, 1.165) is 0 Å². The predicted octanol–water partition coefficient (Wildman–Crippen LogP) is 5.85. The van der Waals surface area contributed by atoms with Gasteiger partial charge in [0.25, 0.3) is 0 Å². The third-order valence-electron chi connectivity index (χ3n) is 2.26. The number of pyridine rings is 1. The van der Waals surface area contributed by atoms with E-state index in [1.165, 1.54) is 12.1 Å². The Labute approximate surface area is 127 Å². The molecule has 1 aromatic carbocycles. The minimum Gasteiger partial charge on any atom is -0.437 e. The second kappa shape index (κ2) is 5.68. The van der Waals surface area contributed by atoms with Crippen LogP contribution in [0.15, 0.2) is 30.5 Å². The number of hydrogen-bond acceptors (Lipinski definition) is 2. The second-order valence-corrected chi connectivity index (χ2v) is 4.85. The Kier molecular flexibility index (Phi) is 4.32. The highest BCUT2D eigenvalue weighted by Gasteiger charge is 2.35. The molecule has 1 aromatic heterocycles. The van der Waals surface area contributed by atoms with Crippen molar-refractivity contribution in [2.24, 2.45) is 0 Å². The van der Waals surface area contributed by atoms with Crippen LogP contribution in [0.25, 0.3) is 0 Å². The van der Waals surface area contributed by atoms with Gasteiger partial charge in [0, 0.05) is 11.2 Å². The van der Waals surface area contributed by atoms with Crippen molar-refractivity contribution in [2.75, 3.05) is 0 Å². The van der Waals surface area contributed by atoms with Gasteiger partial charge in [-0.2, -0.15) is 13.2 Å². The molecule has 0 amide bonds. The van der Waals surface area contributed by atoms with Crippen LogP contribution < -0.4 is 4.74 Å². The van der Waals surface area contributed by atoms with Crippen molar-refractivity contribution < 1.29 is 17.9 Å². The standard InChI is InChI=1S/C12H5Cl3F3NO/c13-6-1-3-7(4-2-6)20-11-10(15)9(14)8(5-19-11)12(16,17)18/h1-5H. The van der Waals surface area contributed by atoms with Crippen molar-refractivity contribution in [3.63, 3.8) is 0 Å². The van der Waals surface area contributed by atoms with E-state index in [-0.39, 0.29) is 5.88 Å². The minimum absolute atomic E-state index is 0.216. The maximum Gasteiger partial charge on any atom is 0.419 e. The normalized spacial score (nSPS) is 11.5. The predicted molar refractivity (Wildman–Crippen MR) is 70.8 cm³/mol. The summed E-state index contributed by atoms with van der Waals surface area (Å²) in [5.74, 6) is 0.103. The Morgan fingerprint density at radius 3 is 2.10 bits per heavy atom. The molecule has 0 aliphatic carbocycles. The van der Waals surface area contributed by atoms with Crippen molar-refractivity contribution in [1.29, 1.82) is 0 Å². The van der Waals surface area contributed by atoms with Crippen LogP contribution in [0.2, 0.25) is 15.1 Å². The highest BCUT2D eigenvalue weighted by Crippen LogP contribution is 2.41. The Bertz CT molecular complexity index is 629. The molecule has 1 heterocycles. The van der Waals surface area contributed by atoms with Gasteiger partial charge in [0.15, 0.2) is 0 Å². The first-order valence-corrected chi connectivity index (χ1v) is 6.27. The third kappa shape index (κ3) is 3.29. The van der Waals surface area contributed by atoms with Crippen molar-refractivity contribution in [3.8, 4) is 11.6 Å². The van der Waals surface area contributed by atoms with Crippen LogP contribution in [-0.4, -0.2) is 4.98 Å². The van der Waals surface area contributed by atoms with Crippen LogP contribution in [0.3, 0.4) is 0 Å². The highest BCUT2D eigenvalue weighted by molar-refractivity contribution is 6.43. The summed E-state index contributed by atoms with van der Waals surface area (Å²) in [4.78, 5) is 3.53. The average Bonchev–Trinajstić information content (AvgIpc) is 2.36. The van der Waals surface area contributed by atoms with E-state index in [0.29, 0.717) is 17.0 Å². The molecular formula is C12H5Cl3F3NO. The molecule has 0 N–H and O–H groups in total. The molecule has 8 heteroatoms. The average molecular weight is 343 g/mol. The number of benzene rings is 1. The fraction of sp³-hybridized carbons (Fsp3) is 0.0833. The van der Waals surface area contributed by atoms with E-state index < -0.39 is 21.8 Å². The molecule has 20 heavy (non-hydrogen) atoms. The minimum atomic E-state index is -4.63. The molecule has 0 radical (unpaired) electrons. The lowest BCUT2D eigenvalue weighted by molar-refractivity contribution is -0.137. The van der Waals surface area contributed by atoms with Crippen LogP contribution in [-0.2, 0) is 6.18 Å². The molecule has 0 saturated carbocycles. The molecule has 2 aromatic rings. The molecule has 0 bridgehead atoms. The Hall–Kier alpha value is -1.17. The number of ether oxygens (including phenoxy) is 1. The highest BCUT2D eigenvalue weighted by atomic mass is 35.5. The summed E-state index contributed by atoms with van der Waals surface area (Å²) in [6, 6.07) is 6.14. The van der Waals surface area contributed by atoms with Gasteiger partial charge in [0.2, 0.25) is 5.88 Å². The maximum atomic E-state index is 12.6. The van der Waals surface area contributed by atoms with Gasteiger partial charge in [0.05, 0.1) is 10.6 Å². The number of hydrogen-bond donors (Lipinski definition) is 0. The maximum absolute atomic E-state index is 12.6. The van der Waals surface area contributed by atoms with Crippen LogP contribution in [0.5, 0.6) is 11.6 Å². The van der Waals surface area contributed by atoms with Crippen LogP contribution >= 0.6 is 34.8 Å². The van der Waals surface area contributed by atoms with Crippen molar-refractivity contribution in [2.45, 2.75) is 6.18 Å². The van der Waals surface area contributed by atoms with Gasteiger partial charge in [0.1, 0.15) is 10.8 Å².